The summed E-state index contributed by atoms with van der Waals surface area (Å²) in [6, 6.07) is 0. The molecule has 0 saturated carbocycles. The van der Waals surface area contributed by atoms with Gasteiger partial charge in [-0.25, -0.2) is 0 Å². The number of rotatable bonds is 2. The average Bonchev–Trinajstić information content (AvgIpc) is 1.61. The first kappa shape index (κ1) is 6.38. The quantitative estimate of drug-likeness (QED) is 0.478. The second-order valence-electron chi connectivity index (χ2n) is 0.830. The Labute approximate surface area is 46.5 Å². The van der Waals surface area contributed by atoms with Crippen molar-refractivity contribution in [2.24, 2.45) is 0 Å². The molecule has 0 aromatic carbocycles. The number of hydrogen-bond acceptors (Lipinski definition) is 2. The van der Waals surface area contributed by atoms with Gasteiger partial charge in [0.15, 0.2) is 0 Å². The predicted octanol–water partition coefficient (Wildman–Crippen LogP) is 0.120. The van der Waals surface area contributed by atoms with Crippen LogP contribution in [0.1, 0.15) is 0 Å². The number of terminal acetylenes is 1. The van der Waals surface area contributed by atoms with Crippen LogP contribution in [0, 0.1) is 11.7 Å². The summed E-state index contributed by atoms with van der Waals surface area (Å²) in [6.45, 7) is 0. The van der Waals surface area contributed by atoms with Gasteiger partial charge >= 0.3 is 0 Å². The lowest BCUT2D eigenvalue weighted by atomic mass is 10.8. The Morgan fingerprint density at radius 1 is 2.00 bits per heavy atom. The zero-order valence-electron chi connectivity index (χ0n) is 3.60. The second-order valence-corrected chi connectivity index (χ2v) is 1.64. The van der Waals surface area contributed by atoms with Crippen molar-refractivity contribution in [3.8, 4) is 11.7 Å². The summed E-state index contributed by atoms with van der Waals surface area (Å²) in [5.74, 6) is -0.515. The van der Waals surface area contributed by atoms with Crippen molar-refractivity contribution >= 4 is 17.7 Å². The summed E-state index contributed by atoms with van der Waals surface area (Å²) in [5.41, 5.74) is 6.33. The molecule has 0 aromatic rings. The van der Waals surface area contributed by atoms with E-state index in [0.29, 0.717) is 0 Å². The molecule has 0 rings (SSSR count). The van der Waals surface area contributed by atoms with Gasteiger partial charge in [0.1, 0.15) is 0 Å². The number of nitrogens with one attached hydrogen (secondary N) is 1. The van der Waals surface area contributed by atoms with Crippen molar-refractivity contribution in [1.29, 1.82) is 0 Å². The van der Waals surface area contributed by atoms with Crippen molar-refractivity contribution in [3.05, 3.63) is 0 Å². The highest BCUT2D eigenvalue weighted by atomic mass is 32.2. The van der Waals surface area contributed by atoms with Crippen LogP contribution in [0.4, 0.5) is 0 Å². The first-order chi connectivity index (χ1) is 3.27. The largest absolute Gasteiger partial charge is 0.272 e. The minimum atomic E-state index is -0.622. The molecular weight excluding hydrogens is 110 g/mol. The fourth-order valence-corrected chi connectivity index (χ4v) is 0.322. The number of amides is 1. The molecule has 37 valence electrons. The molecule has 2 nitrogen and oxygen atoms in total. The molecular formula is C4H4NOS. The molecule has 0 aliphatic rings. The van der Waals surface area contributed by atoms with Crippen LogP contribution in [-0.4, -0.2) is 11.7 Å². The molecule has 0 aliphatic heterocycles. The molecule has 0 atom stereocenters. The highest BCUT2D eigenvalue weighted by Crippen LogP contribution is 1.91. The maximum atomic E-state index is 9.75. The lowest BCUT2D eigenvalue weighted by Gasteiger charge is -1.79. The number of hydrogen-bond donors (Lipinski definition) is 0. The van der Waals surface area contributed by atoms with Gasteiger partial charge in [0.2, 0.25) is 5.91 Å². The van der Waals surface area contributed by atoms with Gasteiger partial charge in [0, 0.05) is 0 Å². The number of carbonyl (C=O) groups is 1. The normalized spacial score (nSPS) is 7.29. The topological polar surface area (TPSA) is 40.9 Å². The smallest absolute Gasteiger partial charge is 0.249 e. The molecule has 0 heterocycles. The summed E-state index contributed by atoms with van der Waals surface area (Å²) < 4.78 is 0. The summed E-state index contributed by atoms with van der Waals surface area (Å²) in [7, 11) is 0. The number of thioether (sulfide) groups is 1. The molecule has 1 amide bonds. The zero-order valence-corrected chi connectivity index (χ0v) is 4.42. The summed E-state index contributed by atoms with van der Waals surface area (Å²) in [4.78, 5) is 9.75. The summed E-state index contributed by atoms with van der Waals surface area (Å²) >= 11 is 1.01. The predicted molar refractivity (Wildman–Crippen MR) is 29.4 cm³/mol. The van der Waals surface area contributed by atoms with Crippen molar-refractivity contribution < 1.29 is 4.79 Å². The van der Waals surface area contributed by atoms with Crippen LogP contribution in [0.25, 0.3) is 0 Å². The van der Waals surface area contributed by atoms with E-state index >= 15 is 0 Å². The lowest BCUT2D eigenvalue weighted by Crippen LogP contribution is -1.98. The summed E-state index contributed by atoms with van der Waals surface area (Å²) in [5, 5.41) is 2.17. The highest BCUT2D eigenvalue weighted by Gasteiger charge is 1.88. The standard InChI is InChI=1S/C4H4NOS/c1-2-7-3-4(5)6/h1,5H,3H2. The van der Waals surface area contributed by atoms with E-state index in [1.165, 1.54) is 0 Å². The molecule has 0 unspecified atom stereocenters. The Kier molecular flexibility index (Phi) is 3.25. The molecule has 0 bridgehead atoms. The fourth-order valence-electron chi connectivity index (χ4n) is 0.107. The Hall–Kier alpha value is -0.620. The third-order valence-corrected chi connectivity index (χ3v) is 0.860. The molecule has 0 fully saturated rings. The van der Waals surface area contributed by atoms with Crippen molar-refractivity contribution in [2.75, 3.05) is 5.75 Å². The van der Waals surface area contributed by atoms with E-state index in [0.717, 1.165) is 11.8 Å². The van der Waals surface area contributed by atoms with E-state index in [1.54, 1.807) is 0 Å². The van der Waals surface area contributed by atoms with Crippen LogP contribution in [0.2, 0.25) is 0 Å². The van der Waals surface area contributed by atoms with Crippen molar-refractivity contribution in [3.63, 3.8) is 0 Å². The molecule has 7 heavy (non-hydrogen) atoms. The molecule has 0 saturated heterocycles. The fraction of sp³-hybridized carbons (Fsp3) is 0.250. The SMILES string of the molecule is C#CSCC([NH])=O. The van der Waals surface area contributed by atoms with Gasteiger partial charge in [-0.05, 0) is 5.25 Å². The van der Waals surface area contributed by atoms with Crippen molar-refractivity contribution in [1.82, 2.24) is 5.73 Å². The van der Waals surface area contributed by atoms with E-state index in [-0.39, 0.29) is 5.75 Å². The van der Waals surface area contributed by atoms with Crippen LogP contribution in [0.15, 0.2) is 0 Å². The van der Waals surface area contributed by atoms with Crippen LogP contribution < -0.4 is 5.73 Å². The Morgan fingerprint density at radius 3 is 2.71 bits per heavy atom. The second kappa shape index (κ2) is 3.57. The van der Waals surface area contributed by atoms with Crippen LogP contribution in [0.5, 0.6) is 0 Å². The average molecular weight is 114 g/mol. The Bertz CT molecular complexity index is 105. The van der Waals surface area contributed by atoms with Crippen molar-refractivity contribution in [2.45, 2.75) is 0 Å². The van der Waals surface area contributed by atoms with Gasteiger partial charge in [-0.2, -0.15) is 0 Å². The van der Waals surface area contributed by atoms with Gasteiger partial charge < -0.3 is 0 Å². The molecule has 0 aromatic heterocycles. The summed E-state index contributed by atoms with van der Waals surface area (Å²) in [6.07, 6.45) is 4.75. The molecule has 0 aliphatic carbocycles. The Balaban J connectivity index is 3.02. The van der Waals surface area contributed by atoms with Crippen LogP contribution >= 0.6 is 11.8 Å². The van der Waals surface area contributed by atoms with Gasteiger partial charge in [0.25, 0.3) is 0 Å². The minimum absolute atomic E-state index is 0.108. The zero-order chi connectivity index (χ0) is 5.70. The van der Waals surface area contributed by atoms with Gasteiger partial charge in [0.05, 0.1) is 5.75 Å². The van der Waals surface area contributed by atoms with Gasteiger partial charge in [-0.3, -0.25) is 10.5 Å². The Morgan fingerprint density at radius 2 is 2.57 bits per heavy atom. The molecule has 1 N–H and O–H groups in total. The van der Waals surface area contributed by atoms with Gasteiger partial charge in [-0.1, -0.05) is 11.8 Å². The minimum Gasteiger partial charge on any atom is -0.272 e. The van der Waals surface area contributed by atoms with E-state index in [2.05, 4.69) is 5.25 Å². The highest BCUT2D eigenvalue weighted by molar-refractivity contribution is 8.04. The maximum Gasteiger partial charge on any atom is 0.249 e. The van der Waals surface area contributed by atoms with E-state index in [1.807, 2.05) is 0 Å². The van der Waals surface area contributed by atoms with Gasteiger partial charge in [-0.15, -0.1) is 6.42 Å². The first-order valence-corrected chi connectivity index (χ1v) is 2.57. The third kappa shape index (κ3) is 5.38. The first-order valence-electron chi connectivity index (χ1n) is 1.59. The molecule has 1 radical (unpaired) electrons. The maximum absolute atomic E-state index is 9.75. The van der Waals surface area contributed by atoms with E-state index in [4.69, 9.17) is 12.2 Å². The monoisotopic (exact) mass is 114 g/mol. The third-order valence-electron chi connectivity index (χ3n) is 0.287. The molecule has 3 heteroatoms. The van der Waals surface area contributed by atoms with E-state index < -0.39 is 5.91 Å². The van der Waals surface area contributed by atoms with Crippen LogP contribution in [0.3, 0.4) is 0 Å². The molecule has 0 spiro atoms. The number of carbonyl (C=O) groups excluding carboxylic acids is 1. The van der Waals surface area contributed by atoms with Crippen LogP contribution in [-0.2, 0) is 4.79 Å². The van der Waals surface area contributed by atoms with E-state index in [9.17, 15) is 4.79 Å². The lowest BCUT2D eigenvalue weighted by molar-refractivity contribution is -0.116.